The lowest BCUT2D eigenvalue weighted by Gasteiger charge is -2.28. The van der Waals surface area contributed by atoms with E-state index >= 15 is 0 Å². The Kier molecular flexibility index (Phi) is 10.7. The van der Waals surface area contributed by atoms with E-state index in [1.165, 1.54) is 0 Å². The van der Waals surface area contributed by atoms with Crippen molar-refractivity contribution in [2.75, 3.05) is 23.7 Å². The molecule has 0 unspecified atom stereocenters. The van der Waals surface area contributed by atoms with Crippen LogP contribution in [0.15, 0.2) is 59.5 Å². The van der Waals surface area contributed by atoms with Gasteiger partial charge in [-0.15, -0.1) is 0 Å². The van der Waals surface area contributed by atoms with E-state index in [0.717, 1.165) is 48.9 Å². The minimum Gasteiger partial charge on any atom is -0.475 e. The fourth-order valence-corrected chi connectivity index (χ4v) is 5.46. The predicted octanol–water partition coefficient (Wildman–Crippen LogP) is 5.28. The number of hydrogen-bond donors (Lipinski definition) is 4. The highest BCUT2D eigenvalue weighted by molar-refractivity contribution is 7.89. The summed E-state index contributed by atoms with van der Waals surface area (Å²) in [5.74, 6) is -0.350. The van der Waals surface area contributed by atoms with Gasteiger partial charge in [-0.05, 0) is 75.6 Å². The number of benzene rings is 2. The Labute approximate surface area is 231 Å². The van der Waals surface area contributed by atoms with Crippen LogP contribution >= 0.6 is 0 Å². The van der Waals surface area contributed by atoms with Gasteiger partial charge in [-0.3, -0.25) is 0 Å². The zero-order chi connectivity index (χ0) is 29.3. The molecule has 13 heteroatoms. The van der Waals surface area contributed by atoms with Crippen molar-refractivity contribution in [1.29, 1.82) is 0 Å². The highest BCUT2D eigenvalue weighted by Gasteiger charge is 2.38. The number of alkyl halides is 3. The third kappa shape index (κ3) is 9.33. The van der Waals surface area contributed by atoms with E-state index in [-0.39, 0.29) is 6.04 Å². The first-order valence-electron chi connectivity index (χ1n) is 13.0. The van der Waals surface area contributed by atoms with Crippen LogP contribution in [-0.2, 0) is 14.8 Å². The molecule has 2 aromatic carbocycles. The molecule has 0 aliphatic heterocycles. The average Bonchev–Trinajstić information content (AvgIpc) is 2.91. The maximum absolute atomic E-state index is 12.4. The number of carboxylic acid groups (broad SMARTS) is 1. The molecule has 0 spiro atoms. The Bertz CT molecular complexity index is 1360. The van der Waals surface area contributed by atoms with Crippen LogP contribution in [0.1, 0.15) is 39.5 Å². The number of carboxylic acids is 1. The summed E-state index contributed by atoms with van der Waals surface area (Å²) in [6.07, 6.45) is -0.921. The normalized spacial score (nSPS) is 17.6. The van der Waals surface area contributed by atoms with E-state index < -0.39 is 22.2 Å². The summed E-state index contributed by atoms with van der Waals surface area (Å²) in [6, 6.07) is 16.9. The topological polar surface area (TPSA) is 133 Å². The van der Waals surface area contributed by atoms with Crippen LogP contribution in [0.5, 0.6) is 0 Å². The van der Waals surface area contributed by atoms with E-state index in [4.69, 9.17) is 14.9 Å². The lowest BCUT2D eigenvalue weighted by Crippen LogP contribution is -2.32. The molecule has 1 saturated carbocycles. The first-order chi connectivity index (χ1) is 18.8. The molecule has 218 valence electrons. The highest BCUT2D eigenvalue weighted by atomic mass is 32.2. The number of aliphatic carboxylic acids is 1. The summed E-state index contributed by atoms with van der Waals surface area (Å²) in [7, 11) is -3.44. The van der Waals surface area contributed by atoms with Crippen molar-refractivity contribution in [1.82, 2.24) is 14.7 Å². The predicted molar refractivity (Wildman–Crippen MR) is 148 cm³/mol. The number of rotatable bonds is 9. The van der Waals surface area contributed by atoms with E-state index in [9.17, 15) is 21.6 Å². The molecule has 1 aliphatic rings. The smallest absolute Gasteiger partial charge is 0.475 e. The van der Waals surface area contributed by atoms with Crippen molar-refractivity contribution in [3.63, 3.8) is 0 Å². The van der Waals surface area contributed by atoms with Gasteiger partial charge in [0, 0.05) is 24.5 Å². The van der Waals surface area contributed by atoms with Gasteiger partial charge in [0.1, 0.15) is 5.82 Å². The summed E-state index contributed by atoms with van der Waals surface area (Å²) < 4.78 is 59.4. The first kappa shape index (κ1) is 31.1. The summed E-state index contributed by atoms with van der Waals surface area (Å²) in [5.41, 5.74) is 0.924. The van der Waals surface area contributed by atoms with Gasteiger partial charge >= 0.3 is 12.1 Å². The van der Waals surface area contributed by atoms with Crippen LogP contribution in [0.4, 0.5) is 24.9 Å². The van der Waals surface area contributed by atoms with Gasteiger partial charge in [-0.1, -0.05) is 30.3 Å². The molecule has 4 N–H and O–H groups in total. The van der Waals surface area contributed by atoms with Crippen LogP contribution in [-0.4, -0.2) is 54.8 Å². The van der Waals surface area contributed by atoms with Gasteiger partial charge in [0.05, 0.1) is 10.4 Å². The molecule has 1 heterocycles. The molecule has 4 rings (SSSR count). The lowest BCUT2D eigenvalue weighted by atomic mass is 9.82. The fraction of sp³-hybridized carbons (Fsp3) is 0.444. The van der Waals surface area contributed by atoms with Gasteiger partial charge in [-0.25, -0.2) is 22.9 Å². The van der Waals surface area contributed by atoms with E-state index in [1.807, 2.05) is 30.3 Å². The van der Waals surface area contributed by atoms with Crippen LogP contribution in [0.3, 0.4) is 0 Å². The van der Waals surface area contributed by atoms with Crippen molar-refractivity contribution >= 4 is 38.7 Å². The molecule has 0 saturated heterocycles. The number of nitrogens with one attached hydrogen (secondary N) is 3. The second kappa shape index (κ2) is 13.8. The van der Waals surface area contributed by atoms with Gasteiger partial charge in [0.25, 0.3) is 0 Å². The summed E-state index contributed by atoms with van der Waals surface area (Å²) in [5, 5.41) is 15.0. The minimum absolute atomic E-state index is 0.283. The molecule has 0 amide bonds. The highest BCUT2D eigenvalue weighted by Crippen LogP contribution is 2.29. The molecular weight excluding hydrogens is 547 g/mol. The molecule has 1 aliphatic carbocycles. The van der Waals surface area contributed by atoms with Crippen molar-refractivity contribution in [3.05, 3.63) is 54.6 Å². The zero-order valence-corrected chi connectivity index (χ0v) is 23.1. The molecule has 0 bridgehead atoms. The standard InChI is InChI=1S/C25H33N5O2S.C2HF3O2/c1-18(2)28-24-22-10-6-7-11-23(22)29-25(30-24)26-16-19-12-14-20(15-13-19)17-27-33(31,32)21-8-4-3-5-9-21;3-2(4,5)1(6)7/h3-11,18-20,27H,12-17H2,1-2H3,(H2,26,28,29,30);(H,6,7). The number of carbonyl (C=O) groups is 1. The molecule has 9 nitrogen and oxygen atoms in total. The monoisotopic (exact) mass is 581 g/mol. The Balaban J connectivity index is 0.000000559. The van der Waals surface area contributed by atoms with Crippen LogP contribution in [0.25, 0.3) is 10.9 Å². The molecule has 0 atom stereocenters. The minimum atomic E-state index is -5.08. The molecule has 40 heavy (non-hydrogen) atoms. The SMILES string of the molecule is CC(C)Nc1nc(NCC2CCC(CNS(=O)(=O)c3ccccc3)CC2)nc2ccccc12.O=C(O)C(F)(F)F. The second-order valence-electron chi connectivity index (χ2n) is 9.95. The second-order valence-corrected chi connectivity index (χ2v) is 11.7. The van der Waals surface area contributed by atoms with Gasteiger partial charge in [0.15, 0.2) is 0 Å². The van der Waals surface area contributed by atoms with Crippen molar-refractivity contribution in [2.24, 2.45) is 11.8 Å². The number of nitrogens with zero attached hydrogens (tertiary/aromatic N) is 2. The Morgan fingerprint density at radius 3 is 2.08 bits per heavy atom. The lowest BCUT2D eigenvalue weighted by molar-refractivity contribution is -0.192. The molecule has 0 radical (unpaired) electrons. The van der Waals surface area contributed by atoms with E-state index in [1.54, 1.807) is 24.3 Å². The quantitative estimate of drug-likeness (QED) is 0.268. The Hall–Kier alpha value is -3.45. The Morgan fingerprint density at radius 1 is 0.950 bits per heavy atom. The molecule has 3 aromatic rings. The van der Waals surface area contributed by atoms with Crippen molar-refractivity contribution < 1.29 is 31.5 Å². The first-order valence-corrected chi connectivity index (χ1v) is 14.5. The molecule has 1 aromatic heterocycles. The zero-order valence-electron chi connectivity index (χ0n) is 22.3. The maximum Gasteiger partial charge on any atom is 0.490 e. The third-order valence-corrected chi connectivity index (χ3v) is 7.84. The molecular formula is C27H34F3N5O4S. The average molecular weight is 582 g/mol. The van der Waals surface area contributed by atoms with Crippen LogP contribution in [0.2, 0.25) is 0 Å². The number of hydrogen-bond acceptors (Lipinski definition) is 7. The van der Waals surface area contributed by atoms with E-state index in [2.05, 4.69) is 34.2 Å². The van der Waals surface area contributed by atoms with Crippen LogP contribution < -0.4 is 15.4 Å². The van der Waals surface area contributed by atoms with Gasteiger partial charge in [-0.2, -0.15) is 18.2 Å². The summed E-state index contributed by atoms with van der Waals surface area (Å²) >= 11 is 0. The fourth-order valence-electron chi connectivity index (χ4n) is 4.33. The van der Waals surface area contributed by atoms with Crippen molar-refractivity contribution in [3.8, 4) is 0 Å². The number of fused-ring (bicyclic) bond motifs is 1. The Morgan fingerprint density at radius 2 is 1.50 bits per heavy atom. The number of sulfonamides is 1. The van der Waals surface area contributed by atoms with Crippen LogP contribution in [0, 0.1) is 11.8 Å². The number of anilines is 2. The van der Waals surface area contributed by atoms with E-state index in [0.29, 0.717) is 29.2 Å². The van der Waals surface area contributed by atoms with Gasteiger partial charge in [0.2, 0.25) is 16.0 Å². The van der Waals surface area contributed by atoms with Gasteiger partial charge < -0.3 is 15.7 Å². The van der Waals surface area contributed by atoms with Crippen molar-refractivity contribution in [2.45, 2.75) is 56.6 Å². The summed E-state index contributed by atoms with van der Waals surface area (Å²) in [4.78, 5) is 18.6. The largest absolute Gasteiger partial charge is 0.490 e. The number of aromatic nitrogens is 2. The third-order valence-electron chi connectivity index (χ3n) is 6.40. The maximum atomic E-state index is 12.4. The summed E-state index contributed by atoms with van der Waals surface area (Å²) in [6.45, 7) is 5.52. The molecule has 1 fully saturated rings. The number of halogens is 3. The number of para-hydroxylation sites is 1.